The molecular weight excluding hydrogens is 973 g/mol. The highest BCUT2D eigenvalue weighted by molar-refractivity contribution is 5.71. The Labute approximate surface area is 491 Å². The summed E-state index contributed by atoms with van der Waals surface area (Å²) in [5.41, 5.74) is 0. The molecule has 0 saturated carbocycles. The van der Waals surface area contributed by atoms with Gasteiger partial charge in [-0.25, -0.2) is 0 Å². The molecule has 6 nitrogen and oxygen atoms in total. The lowest BCUT2D eigenvalue weighted by Crippen LogP contribution is -2.30. The van der Waals surface area contributed by atoms with E-state index in [9.17, 15) is 14.4 Å². The number of hydrogen-bond acceptors (Lipinski definition) is 6. The van der Waals surface area contributed by atoms with E-state index < -0.39 is 6.10 Å². The first-order valence-electron chi connectivity index (χ1n) is 34.8. The highest BCUT2D eigenvalue weighted by Crippen LogP contribution is 2.18. The summed E-state index contributed by atoms with van der Waals surface area (Å²) in [6.07, 6.45) is 87.4. The molecular formula is C73H132O6. The number of allylic oxidation sites excluding steroid dienone is 10. The third-order valence-electron chi connectivity index (χ3n) is 15.5. The normalized spacial score (nSPS) is 12.4. The lowest BCUT2D eigenvalue weighted by Gasteiger charge is -2.18. The molecule has 0 saturated heterocycles. The summed E-state index contributed by atoms with van der Waals surface area (Å²) in [4.78, 5) is 38.0. The minimum atomic E-state index is -0.769. The van der Waals surface area contributed by atoms with Crippen LogP contribution in [0.15, 0.2) is 60.8 Å². The molecule has 0 aliphatic carbocycles. The zero-order valence-electron chi connectivity index (χ0n) is 52.9. The number of carbonyl (C=O) groups is 3. The van der Waals surface area contributed by atoms with Crippen molar-refractivity contribution >= 4 is 17.9 Å². The van der Waals surface area contributed by atoms with Crippen molar-refractivity contribution in [1.82, 2.24) is 0 Å². The Morgan fingerprint density at radius 1 is 0.266 bits per heavy atom. The lowest BCUT2D eigenvalue weighted by atomic mass is 10.0. The van der Waals surface area contributed by atoms with Gasteiger partial charge < -0.3 is 14.2 Å². The van der Waals surface area contributed by atoms with Crippen LogP contribution in [-0.2, 0) is 28.6 Å². The molecule has 0 aromatic rings. The summed E-state index contributed by atoms with van der Waals surface area (Å²) in [6.45, 7) is 6.50. The van der Waals surface area contributed by atoms with Crippen LogP contribution in [0.3, 0.4) is 0 Å². The third kappa shape index (κ3) is 65.8. The van der Waals surface area contributed by atoms with Gasteiger partial charge in [-0.05, 0) is 64.2 Å². The molecule has 0 radical (unpaired) electrons. The number of carbonyl (C=O) groups excluding carboxylic acids is 3. The molecule has 79 heavy (non-hydrogen) atoms. The van der Waals surface area contributed by atoms with E-state index in [4.69, 9.17) is 14.2 Å². The van der Waals surface area contributed by atoms with Crippen LogP contribution in [0.2, 0.25) is 0 Å². The van der Waals surface area contributed by atoms with Crippen molar-refractivity contribution in [1.29, 1.82) is 0 Å². The van der Waals surface area contributed by atoms with Gasteiger partial charge in [0, 0.05) is 19.3 Å². The molecule has 0 spiro atoms. The first kappa shape index (κ1) is 76.1. The van der Waals surface area contributed by atoms with Gasteiger partial charge in [0.1, 0.15) is 13.2 Å². The number of hydrogen-bond donors (Lipinski definition) is 0. The molecule has 1 atom stereocenters. The quantitative estimate of drug-likeness (QED) is 0.0261. The maximum absolute atomic E-state index is 12.9. The standard InChI is InChI=1S/C73H132O6/c1-4-7-10-13-15-17-19-21-23-25-27-29-31-33-35-36-38-39-41-43-45-47-49-51-53-55-57-60-63-66-72(75)78-69-70(68-77-71(74)65-62-59-12-9-6-3)79-73(76)67-64-61-58-56-54-52-50-48-46-44-42-40-37-34-32-30-28-26-24-22-20-18-16-14-11-8-5-2/h7,10,15,17,21,23,27,29,33,35,70H,4-6,8-9,11-14,16,18-20,22,24-26,28,30-32,34,36-69H2,1-3H3/b10-7-,17-15-,23-21-,29-27-,35-33-. The average molecular weight is 1110 g/mol. The molecule has 0 bridgehead atoms. The smallest absolute Gasteiger partial charge is 0.306 e. The number of ether oxygens (including phenoxy) is 3. The highest BCUT2D eigenvalue weighted by atomic mass is 16.6. The number of unbranched alkanes of at least 4 members (excludes halogenated alkanes) is 43. The van der Waals surface area contributed by atoms with Crippen molar-refractivity contribution in [3.05, 3.63) is 60.8 Å². The Hall–Kier alpha value is -2.89. The Kier molecular flexibility index (Phi) is 65.1. The van der Waals surface area contributed by atoms with Crippen molar-refractivity contribution in [2.24, 2.45) is 0 Å². The van der Waals surface area contributed by atoms with E-state index in [-0.39, 0.29) is 31.1 Å². The summed E-state index contributed by atoms with van der Waals surface area (Å²) in [5, 5.41) is 0. The molecule has 0 aliphatic heterocycles. The zero-order chi connectivity index (χ0) is 57.1. The van der Waals surface area contributed by atoms with Gasteiger partial charge in [0.2, 0.25) is 0 Å². The topological polar surface area (TPSA) is 78.9 Å². The van der Waals surface area contributed by atoms with Crippen molar-refractivity contribution in [3.8, 4) is 0 Å². The fraction of sp³-hybridized carbons (Fsp3) is 0.822. The van der Waals surface area contributed by atoms with Crippen molar-refractivity contribution < 1.29 is 28.6 Å². The molecule has 0 amide bonds. The fourth-order valence-corrected chi connectivity index (χ4v) is 10.4. The summed E-state index contributed by atoms with van der Waals surface area (Å²) >= 11 is 0. The Bertz CT molecular complexity index is 1410. The zero-order valence-corrected chi connectivity index (χ0v) is 52.9. The van der Waals surface area contributed by atoms with Crippen LogP contribution in [0.1, 0.15) is 367 Å². The Morgan fingerprint density at radius 2 is 0.494 bits per heavy atom. The number of rotatable bonds is 64. The molecule has 0 fully saturated rings. The van der Waals surface area contributed by atoms with Crippen LogP contribution in [0, 0.1) is 0 Å². The summed E-state index contributed by atoms with van der Waals surface area (Å²) in [5.74, 6) is -0.864. The van der Waals surface area contributed by atoms with E-state index in [0.29, 0.717) is 19.3 Å². The first-order chi connectivity index (χ1) is 39.0. The summed E-state index contributed by atoms with van der Waals surface area (Å²) in [6, 6.07) is 0. The van der Waals surface area contributed by atoms with Crippen LogP contribution in [0.5, 0.6) is 0 Å². The fourth-order valence-electron chi connectivity index (χ4n) is 10.4. The maximum Gasteiger partial charge on any atom is 0.306 e. The lowest BCUT2D eigenvalue weighted by molar-refractivity contribution is -0.167. The summed E-state index contributed by atoms with van der Waals surface area (Å²) < 4.78 is 16.8. The third-order valence-corrected chi connectivity index (χ3v) is 15.5. The molecule has 0 rings (SSSR count). The molecule has 460 valence electrons. The van der Waals surface area contributed by atoms with Gasteiger partial charge >= 0.3 is 17.9 Å². The molecule has 0 heterocycles. The van der Waals surface area contributed by atoms with Crippen molar-refractivity contribution in [2.45, 2.75) is 374 Å². The van der Waals surface area contributed by atoms with Gasteiger partial charge in [0.25, 0.3) is 0 Å². The minimum Gasteiger partial charge on any atom is -0.462 e. The van der Waals surface area contributed by atoms with Gasteiger partial charge in [-0.1, -0.05) is 345 Å². The van der Waals surface area contributed by atoms with Crippen molar-refractivity contribution in [3.63, 3.8) is 0 Å². The van der Waals surface area contributed by atoms with Gasteiger partial charge in [-0.2, -0.15) is 0 Å². The van der Waals surface area contributed by atoms with E-state index in [1.54, 1.807) is 0 Å². The largest absolute Gasteiger partial charge is 0.462 e. The van der Waals surface area contributed by atoms with Crippen LogP contribution >= 0.6 is 0 Å². The van der Waals surface area contributed by atoms with Crippen LogP contribution in [0.25, 0.3) is 0 Å². The van der Waals surface area contributed by atoms with E-state index >= 15 is 0 Å². The van der Waals surface area contributed by atoms with E-state index in [1.807, 2.05) is 0 Å². The Balaban J connectivity index is 3.95. The Morgan fingerprint density at radius 3 is 0.772 bits per heavy atom. The maximum atomic E-state index is 12.9. The monoisotopic (exact) mass is 1110 g/mol. The van der Waals surface area contributed by atoms with E-state index in [2.05, 4.69) is 81.5 Å². The second-order valence-electron chi connectivity index (χ2n) is 23.4. The predicted octanol–water partition coefficient (Wildman–Crippen LogP) is 23.9. The SMILES string of the molecule is CC/C=C\C/C=C\C/C=C\C/C=C\C/C=C\CCCCCCCCCCCCCCCC(=O)OCC(COC(=O)CCCCCCC)OC(=O)CCCCCCCCCCCCCCCCCCCCCCCCCCCCC. The van der Waals surface area contributed by atoms with E-state index in [1.165, 1.54) is 231 Å². The van der Waals surface area contributed by atoms with Gasteiger partial charge in [0.15, 0.2) is 6.10 Å². The molecule has 0 N–H and O–H groups in total. The molecule has 6 heteroatoms. The molecule has 0 aromatic heterocycles. The van der Waals surface area contributed by atoms with Crippen LogP contribution in [-0.4, -0.2) is 37.2 Å². The number of esters is 3. The predicted molar refractivity (Wildman–Crippen MR) is 344 cm³/mol. The van der Waals surface area contributed by atoms with Gasteiger partial charge in [0.05, 0.1) is 0 Å². The highest BCUT2D eigenvalue weighted by Gasteiger charge is 2.19. The molecule has 0 aliphatic rings. The molecule has 1 unspecified atom stereocenters. The average Bonchev–Trinajstić information content (AvgIpc) is 3.45. The van der Waals surface area contributed by atoms with Crippen molar-refractivity contribution in [2.75, 3.05) is 13.2 Å². The second kappa shape index (κ2) is 67.6. The van der Waals surface area contributed by atoms with Crippen LogP contribution < -0.4 is 0 Å². The first-order valence-corrected chi connectivity index (χ1v) is 34.8. The minimum absolute atomic E-state index is 0.0704. The van der Waals surface area contributed by atoms with Gasteiger partial charge in [-0.15, -0.1) is 0 Å². The second-order valence-corrected chi connectivity index (χ2v) is 23.4. The van der Waals surface area contributed by atoms with E-state index in [0.717, 1.165) is 96.3 Å². The van der Waals surface area contributed by atoms with Gasteiger partial charge in [-0.3, -0.25) is 14.4 Å². The van der Waals surface area contributed by atoms with Crippen LogP contribution in [0.4, 0.5) is 0 Å². The molecule has 0 aromatic carbocycles. The summed E-state index contributed by atoms with van der Waals surface area (Å²) in [7, 11) is 0.